The van der Waals surface area contributed by atoms with Gasteiger partial charge in [-0.15, -0.1) is 6.58 Å². The summed E-state index contributed by atoms with van der Waals surface area (Å²) in [5, 5.41) is 0. The second kappa shape index (κ2) is 3.11. The predicted molar refractivity (Wildman–Crippen MR) is 38.1 cm³/mol. The van der Waals surface area contributed by atoms with E-state index in [1.807, 2.05) is 0 Å². The summed E-state index contributed by atoms with van der Waals surface area (Å²) in [4.78, 5) is 3.62. The lowest BCUT2D eigenvalue weighted by Gasteiger charge is -1.95. The van der Waals surface area contributed by atoms with Crippen LogP contribution in [0.3, 0.4) is 0 Å². The van der Waals surface area contributed by atoms with Crippen LogP contribution in [-0.2, 0) is 6.42 Å². The summed E-state index contributed by atoms with van der Waals surface area (Å²) >= 11 is 0. The molecule has 52 valence electrons. The summed E-state index contributed by atoms with van der Waals surface area (Å²) in [6.45, 7) is 3.51. The van der Waals surface area contributed by atoms with Crippen LogP contribution in [0, 0.1) is 5.82 Å². The minimum atomic E-state index is -0.262. The van der Waals surface area contributed by atoms with E-state index >= 15 is 0 Å². The molecule has 1 rings (SSSR count). The molecule has 0 aromatic carbocycles. The molecule has 0 unspecified atom stereocenters. The van der Waals surface area contributed by atoms with E-state index in [2.05, 4.69) is 11.6 Å². The molecule has 1 aromatic heterocycles. The zero-order chi connectivity index (χ0) is 7.40. The molecule has 0 aliphatic carbocycles. The van der Waals surface area contributed by atoms with Crippen LogP contribution >= 0.6 is 0 Å². The molecule has 0 N–H and O–H groups in total. The number of rotatable bonds is 2. The summed E-state index contributed by atoms with van der Waals surface area (Å²) in [5.41, 5.74) is 0.644. The van der Waals surface area contributed by atoms with Crippen molar-refractivity contribution >= 4 is 0 Å². The Morgan fingerprint density at radius 2 is 2.50 bits per heavy atom. The molecule has 1 nitrogen and oxygen atoms in total. The highest BCUT2D eigenvalue weighted by Crippen LogP contribution is 2.04. The molecule has 10 heavy (non-hydrogen) atoms. The van der Waals surface area contributed by atoms with Crippen LogP contribution in [0.15, 0.2) is 31.1 Å². The molecular formula is C8H8FN. The molecule has 0 aliphatic rings. The van der Waals surface area contributed by atoms with Gasteiger partial charge in [0, 0.05) is 6.20 Å². The molecule has 0 atom stereocenters. The minimum absolute atomic E-state index is 0.262. The van der Waals surface area contributed by atoms with Crippen molar-refractivity contribution in [1.82, 2.24) is 4.98 Å². The summed E-state index contributed by atoms with van der Waals surface area (Å²) in [5.74, 6) is -0.262. The average Bonchev–Trinajstić information content (AvgIpc) is 1.94. The minimum Gasteiger partial charge on any atom is -0.262 e. The van der Waals surface area contributed by atoms with Crippen LogP contribution in [0.5, 0.6) is 0 Å². The summed E-state index contributed by atoms with van der Waals surface area (Å²) in [6.07, 6.45) is 5.01. The lowest BCUT2D eigenvalue weighted by atomic mass is 10.2. The Kier molecular flexibility index (Phi) is 2.15. The van der Waals surface area contributed by atoms with Crippen molar-refractivity contribution in [2.24, 2.45) is 0 Å². The lowest BCUT2D eigenvalue weighted by Crippen LogP contribution is -1.87. The normalized spacial score (nSPS) is 9.30. The number of aromatic nitrogens is 1. The van der Waals surface area contributed by atoms with E-state index in [0.717, 1.165) is 0 Å². The quantitative estimate of drug-likeness (QED) is 0.568. The van der Waals surface area contributed by atoms with Crippen LogP contribution in [0.4, 0.5) is 4.39 Å². The number of hydrogen-bond acceptors (Lipinski definition) is 1. The second-order valence-corrected chi connectivity index (χ2v) is 1.96. The molecule has 2 heteroatoms. The van der Waals surface area contributed by atoms with Crippen LogP contribution in [-0.4, -0.2) is 4.98 Å². The molecule has 0 saturated heterocycles. The van der Waals surface area contributed by atoms with E-state index < -0.39 is 0 Å². The SMILES string of the molecule is C=CCc1ccncc1F. The zero-order valence-corrected chi connectivity index (χ0v) is 5.55. The Bertz CT molecular complexity index is 232. The standard InChI is InChI=1S/C8H8FN/c1-2-3-7-4-5-10-6-8(7)9/h2,4-6H,1,3H2. The van der Waals surface area contributed by atoms with E-state index in [1.165, 1.54) is 6.20 Å². The van der Waals surface area contributed by atoms with Gasteiger partial charge in [-0.1, -0.05) is 6.08 Å². The van der Waals surface area contributed by atoms with Crippen LogP contribution in [0.25, 0.3) is 0 Å². The predicted octanol–water partition coefficient (Wildman–Crippen LogP) is 1.95. The van der Waals surface area contributed by atoms with Gasteiger partial charge in [0.2, 0.25) is 0 Å². The molecule has 0 amide bonds. The summed E-state index contributed by atoms with van der Waals surface area (Å²) < 4.78 is 12.7. The first-order valence-electron chi connectivity index (χ1n) is 3.04. The average molecular weight is 137 g/mol. The monoisotopic (exact) mass is 137 g/mol. The van der Waals surface area contributed by atoms with E-state index in [9.17, 15) is 4.39 Å². The first-order valence-corrected chi connectivity index (χ1v) is 3.04. The van der Waals surface area contributed by atoms with Gasteiger partial charge in [-0.3, -0.25) is 4.98 Å². The molecular weight excluding hydrogens is 129 g/mol. The highest BCUT2D eigenvalue weighted by atomic mass is 19.1. The van der Waals surface area contributed by atoms with E-state index in [0.29, 0.717) is 12.0 Å². The third-order valence-corrected chi connectivity index (χ3v) is 1.22. The summed E-state index contributed by atoms with van der Waals surface area (Å²) in [6, 6.07) is 1.65. The number of hydrogen-bond donors (Lipinski definition) is 0. The number of nitrogens with zero attached hydrogens (tertiary/aromatic N) is 1. The zero-order valence-electron chi connectivity index (χ0n) is 5.55. The van der Waals surface area contributed by atoms with Gasteiger partial charge in [-0.2, -0.15) is 0 Å². The van der Waals surface area contributed by atoms with Gasteiger partial charge in [-0.05, 0) is 18.1 Å². The lowest BCUT2D eigenvalue weighted by molar-refractivity contribution is 0.608. The third-order valence-electron chi connectivity index (χ3n) is 1.22. The number of pyridine rings is 1. The maximum Gasteiger partial charge on any atom is 0.144 e. The van der Waals surface area contributed by atoms with Crippen molar-refractivity contribution in [2.75, 3.05) is 0 Å². The van der Waals surface area contributed by atoms with Gasteiger partial charge >= 0.3 is 0 Å². The van der Waals surface area contributed by atoms with Gasteiger partial charge in [0.1, 0.15) is 5.82 Å². The number of halogens is 1. The topological polar surface area (TPSA) is 12.9 Å². The maximum atomic E-state index is 12.7. The maximum absolute atomic E-state index is 12.7. The smallest absolute Gasteiger partial charge is 0.144 e. The van der Waals surface area contributed by atoms with Crippen molar-refractivity contribution in [3.05, 3.63) is 42.5 Å². The Morgan fingerprint density at radius 1 is 1.70 bits per heavy atom. The first kappa shape index (κ1) is 6.93. The fourth-order valence-corrected chi connectivity index (χ4v) is 0.725. The Labute approximate surface area is 59.2 Å². The van der Waals surface area contributed by atoms with Gasteiger partial charge in [0.15, 0.2) is 0 Å². The fourth-order valence-electron chi connectivity index (χ4n) is 0.725. The van der Waals surface area contributed by atoms with Crippen LogP contribution in [0.1, 0.15) is 5.56 Å². The Hall–Kier alpha value is -1.18. The van der Waals surface area contributed by atoms with Gasteiger partial charge < -0.3 is 0 Å². The highest BCUT2D eigenvalue weighted by Gasteiger charge is 1.96. The molecule has 0 saturated carbocycles. The summed E-state index contributed by atoms with van der Waals surface area (Å²) in [7, 11) is 0. The van der Waals surface area contributed by atoms with Gasteiger partial charge in [0.05, 0.1) is 6.20 Å². The van der Waals surface area contributed by atoms with Crippen molar-refractivity contribution in [3.8, 4) is 0 Å². The third kappa shape index (κ3) is 1.41. The fraction of sp³-hybridized carbons (Fsp3) is 0.125. The molecule has 0 spiro atoms. The number of allylic oxidation sites excluding steroid dienone is 1. The van der Waals surface area contributed by atoms with Crippen molar-refractivity contribution < 1.29 is 4.39 Å². The molecule has 1 aromatic rings. The van der Waals surface area contributed by atoms with Crippen LogP contribution < -0.4 is 0 Å². The molecule has 0 fully saturated rings. The van der Waals surface area contributed by atoms with Crippen molar-refractivity contribution in [1.29, 1.82) is 0 Å². The Balaban J connectivity index is 2.91. The van der Waals surface area contributed by atoms with Crippen molar-refractivity contribution in [2.45, 2.75) is 6.42 Å². The van der Waals surface area contributed by atoms with Gasteiger partial charge in [-0.25, -0.2) is 4.39 Å². The van der Waals surface area contributed by atoms with E-state index in [4.69, 9.17) is 0 Å². The van der Waals surface area contributed by atoms with E-state index in [-0.39, 0.29) is 5.82 Å². The molecule has 1 heterocycles. The van der Waals surface area contributed by atoms with E-state index in [1.54, 1.807) is 18.3 Å². The molecule has 0 bridgehead atoms. The second-order valence-electron chi connectivity index (χ2n) is 1.96. The van der Waals surface area contributed by atoms with Gasteiger partial charge in [0.25, 0.3) is 0 Å². The molecule has 0 radical (unpaired) electrons. The largest absolute Gasteiger partial charge is 0.262 e. The highest BCUT2D eigenvalue weighted by molar-refractivity contribution is 5.14. The van der Waals surface area contributed by atoms with Crippen LogP contribution in [0.2, 0.25) is 0 Å². The first-order chi connectivity index (χ1) is 4.84. The molecule has 0 aliphatic heterocycles. The Morgan fingerprint density at radius 3 is 3.10 bits per heavy atom. The van der Waals surface area contributed by atoms with Crippen molar-refractivity contribution in [3.63, 3.8) is 0 Å².